The molecule has 0 spiro atoms. The maximum absolute atomic E-state index is 10.8. The highest BCUT2D eigenvalue weighted by Crippen LogP contribution is 2.26. The summed E-state index contributed by atoms with van der Waals surface area (Å²) in [4.78, 5) is 5.74. The van der Waals surface area contributed by atoms with Crippen LogP contribution in [-0.2, 0) is 12.1 Å². The highest BCUT2D eigenvalue weighted by Gasteiger charge is 2.27. The first-order chi connectivity index (χ1) is 11.3. The van der Waals surface area contributed by atoms with Crippen molar-refractivity contribution in [3.8, 4) is 0 Å². The Morgan fingerprint density at radius 3 is 2.67 bits per heavy atom. The molecule has 7 heteroatoms. The van der Waals surface area contributed by atoms with E-state index in [2.05, 4.69) is 37.6 Å². The van der Waals surface area contributed by atoms with Crippen LogP contribution >= 0.6 is 27.3 Å². The molecule has 5 nitrogen and oxygen atoms in total. The standard InChI is InChI=1S/C17H24BrN3O2S/c1-5-19-16(20-9-13-6-7-15(18)24-13)21-10-17(4,22)14-8-11(2)23-12(14)3/h6-8,22H,5,9-10H2,1-4H3,(H2,19,20,21). The minimum absolute atomic E-state index is 0.340. The lowest BCUT2D eigenvalue weighted by Gasteiger charge is -2.24. The van der Waals surface area contributed by atoms with Gasteiger partial charge in [-0.2, -0.15) is 0 Å². The fourth-order valence-electron chi connectivity index (χ4n) is 2.45. The van der Waals surface area contributed by atoms with E-state index in [9.17, 15) is 5.11 Å². The number of furan rings is 1. The van der Waals surface area contributed by atoms with Gasteiger partial charge in [0.25, 0.3) is 0 Å². The number of aliphatic imine (C=N–C) groups is 1. The molecule has 0 radical (unpaired) electrons. The molecule has 0 fully saturated rings. The molecule has 0 aromatic carbocycles. The molecule has 0 aliphatic carbocycles. The normalized spacial score (nSPS) is 14.5. The molecule has 0 bridgehead atoms. The SMILES string of the molecule is CCNC(=NCc1ccc(Br)s1)NCC(C)(O)c1cc(C)oc1C. The number of nitrogens with one attached hydrogen (secondary N) is 2. The number of halogens is 1. The fourth-order valence-corrected chi connectivity index (χ4v) is 3.86. The maximum Gasteiger partial charge on any atom is 0.191 e. The van der Waals surface area contributed by atoms with Crippen LogP contribution in [0.15, 0.2) is 31.4 Å². The lowest BCUT2D eigenvalue weighted by molar-refractivity contribution is 0.0601. The highest BCUT2D eigenvalue weighted by atomic mass is 79.9. The van der Waals surface area contributed by atoms with Gasteiger partial charge in [-0.25, -0.2) is 4.99 Å². The van der Waals surface area contributed by atoms with Gasteiger partial charge in [0.05, 0.1) is 16.9 Å². The Morgan fingerprint density at radius 1 is 1.38 bits per heavy atom. The number of guanidine groups is 1. The van der Waals surface area contributed by atoms with Crippen LogP contribution in [0.3, 0.4) is 0 Å². The quantitative estimate of drug-likeness (QED) is 0.498. The van der Waals surface area contributed by atoms with Crippen molar-refractivity contribution in [1.29, 1.82) is 0 Å². The van der Waals surface area contributed by atoms with Crippen LogP contribution in [-0.4, -0.2) is 24.2 Å². The highest BCUT2D eigenvalue weighted by molar-refractivity contribution is 9.11. The van der Waals surface area contributed by atoms with Gasteiger partial charge < -0.3 is 20.2 Å². The molecule has 0 saturated carbocycles. The summed E-state index contributed by atoms with van der Waals surface area (Å²) < 4.78 is 6.62. The van der Waals surface area contributed by atoms with E-state index in [-0.39, 0.29) is 0 Å². The van der Waals surface area contributed by atoms with E-state index in [1.807, 2.05) is 32.9 Å². The topological polar surface area (TPSA) is 69.8 Å². The van der Waals surface area contributed by atoms with Gasteiger partial charge in [-0.05, 0) is 61.8 Å². The Kier molecular flexibility index (Phi) is 6.48. The first-order valence-corrected chi connectivity index (χ1v) is 9.49. The predicted molar refractivity (Wildman–Crippen MR) is 103 cm³/mol. The number of hydrogen-bond acceptors (Lipinski definition) is 4. The summed E-state index contributed by atoms with van der Waals surface area (Å²) in [6, 6.07) is 5.95. The number of aryl methyl sites for hydroxylation is 2. The van der Waals surface area contributed by atoms with Gasteiger partial charge in [0, 0.05) is 17.0 Å². The fraction of sp³-hybridized carbons (Fsp3) is 0.471. The van der Waals surface area contributed by atoms with Gasteiger partial charge in [-0.1, -0.05) is 0 Å². The Labute approximate surface area is 155 Å². The molecule has 0 amide bonds. The molecule has 2 aromatic heterocycles. The Bertz CT molecular complexity index is 707. The Morgan fingerprint density at radius 2 is 2.12 bits per heavy atom. The molecule has 1 unspecified atom stereocenters. The number of nitrogens with zero attached hydrogens (tertiary/aromatic N) is 1. The average molecular weight is 414 g/mol. The lowest BCUT2D eigenvalue weighted by atomic mass is 9.96. The second-order valence-corrected chi connectivity index (χ2v) is 8.40. The molecule has 2 rings (SSSR count). The molecule has 3 N–H and O–H groups in total. The van der Waals surface area contributed by atoms with E-state index in [1.54, 1.807) is 18.3 Å². The molecule has 2 heterocycles. The third-order valence-corrected chi connectivity index (χ3v) is 5.20. The third kappa shape index (κ3) is 5.09. The number of thiophene rings is 1. The van der Waals surface area contributed by atoms with Crippen LogP contribution in [0, 0.1) is 13.8 Å². The van der Waals surface area contributed by atoms with E-state index < -0.39 is 5.60 Å². The van der Waals surface area contributed by atoms with Crippen molar-refractivity contribution >= 4 is 33.2 Å². The largest absolute Gasteiger partial charge is 0.466 e. The Hall–Kier alpha value is -1.31. The molecule has 2 aromatic rings. The van der Waals surface area contributed by atoms with Crippen molar-refractivity contribution in [3.63, 3.8) is 0 Å². The summed E-state index contributed by atoms with van der Waals surface area (Å²) in [7, 11) is 0. The summed E-state index contributed by atoms with van der Waals surface area (Å²) >= 11 is 5.12. The van der Waals surface area contributed by atoms with Crippen molar-refractivity contribution in [2.45, 2.75) is 39.8 Å². The minimum Gasteiger partial charge on any atom is -0.466 e. The third-order valence-electron chi connectivity index (χ3n) is 3.59. The van der Waals surface area contributed by atoms with Gasteiger partial charge in [0.1, 0.15) is 17.1 Å². The first-order valence-electron chi connectivity index (χ1n) is 7.88. The summed E-state index contributed by atoms with van der Waals surface area (Å²) in [5.74, 6) is 2.22. The number of aliphatic hydroxyl groups is 1. The molecule has 0 aliphatic rings. The van der Waals surface area contributed by atoms with Crippen LogP contribution in [0.1, 0.15) is 35.8 Å². The van der Waals surface area contributed by atoms with Gasteiger partial charge in [-0.15, -0.1) is 11.3 Å². The van der Waals surface area contributed by atoms with Gasteiger partial charge in [0.15, 0.2) is 5.96 Å². The van der Waals surface area contributed by atoms with Crippen molar-refractivity contribution < 1.29 is 9.52 Å². The number of hydrogen-bond donors (Lipinski definition) is 3. The smallest absolute Gasteiger partial charge is 0.191 e. The molecule has 0 aliphatic heterocycles. The van der Waals surface area contributed by atoms with E-state index >= 15 is 0 Å². The van der Waals surface area contributed by atoms with Crippen LogP contribution in [0.2, 0.25) is 0 Å². The van der Waals surface area contributed by atoms with Crippen LogP contribution in [0.5, 0.6) is 0 Å². The zero-order valence-electron chi connectivity index (χ0n) is 14.4. The molecular formula is C17H24BrN3O2S. The van der Waals surface area contributed by atoms with Gasteiger partial charge >= 0.3 is 0 Å². The van der Waals surface area contributed by atoms with E-state index in [4.69, 9.17) is 4.42 Å². The average Bonchev–Trinajstić information content (AvgIpc) is 3.07. The van der Waals surface area contributed by atoms with Crippen molar-refractivity contribution in [2.75, 3.05) is 13.1 Å². The van der Waals surface area contributed by atoms with Gasteiger partial charge in [-0.3, -0.25) is 0 Å². The van der Waals surface area contributed by atoms with Crippen molar-refractivity contribution in [1.82, 2.24) is 10.6 Å². The zero-order chi connectivity index (χ0) is 17.7. The second kappa shape index (κ2) is 8.18. The van der Waals surface area contributed by atoms with E-state index in [0.29, 0.717) is 19.0 Å². The summed E-state index contributed by atoms with van der Waals surface area (Å²) in [6.07, 6.45) is 0. The lowest BCUT2D eigenvalue weighted by Crippen LogP contribution is -2.44. The second-order valence-electron chi connectivity index (χ2n) is 5.86. The summed E-state index contributed by atoms with van der Waals surface area (Å²) in [5, 5.41) is 17.2. The number of rotatable bonds is 6. The first kappa shape index (κ1) is 19.0. The maximum atomic E-state index is 10.8. The van der Waals surface area contributed by atoms with Crippen LogP contribution in [0.4, 0.5) is 0 Å². The molecular weight excluding hydrogens is 390 g/mol. The molecule has 24 heavy (non-hydrogen) atoms. The Balaban J connectivity index is 2.03. The molecule has 1 atom stereocenters. The molecule has 132 valence electrons. The monoisotopic (exact) mass is 413 g/mol. The summed E-state index contributed by atoms with van der Waals surface area (Å²) in [5.41, 5.74) is -0.241. The van der Waals surface area contributed by atoms with Gasteiger partial charge in [0.2, 0.25) is 0 Å². The summed E-state index contributed by atoms with van der Waals surface area (Å²) in [6.45, 7) is 9.23. The van der Waals surface area contributed by atoms with E-state index in [0.717, 1.165) is 27.4 Å². The van der Waals surface area contributed by atoms with Crippen molar-refractivity contribution in [3.05, 3.63) is 43.9 Å². The predicted octanol–water partition coefficient (Wildman–Crippen LogP) is 3.68. The van der Waals surface area contributed by atoms with Crippen molar-refractivity contribution in [2.24, 2.45) is 4.99 Å². The zero-order valence-corrected chi connectivity index (χ0v) is 16.8. The van der Waals surface area contributed by atoms with Crippen LogP contribution < -0.4 is 10.6 Å². The molecule has 0 saturated heterocycles. The van der Waals surface area contributed by atoms with E-state index in [1.165, 1.54) is 4.88 Å². The van der Waals surface area contributed by atoms with Crippen LogP contribution in [0.25, 0.3) is 0 Å². The minimum atomic E-state index is -1.04.